The number of amides is 3. The summed E-state index contributed by atoms with van der Waals surface area (Å²) < 4.78 is 23.4. The van der Waals surface area contributed by atoms with Crippen molar-refractivity contribution >= 4 is 38.4 Å². The quantitative estimate of drug-likeness (QED) is 0.601. The molecule has 0 aliphatic carbocycles. The Balaban J connectivity index is 1.68. The number of hydrogen-bond acceptors (Lipinski definition) is 5. The van der Waals surface area contributed by atoms with Crippen LogP contribution in [0.15, 0.2) is 59.6 Å². The van der Waals surface area contributed by atoms with E-state index in [1.54, 1.807) is 13.1 Å². The highest BCUT2D eigenvalue weighted by molar-refractivity contribution is 7.90. The fourth-order valence-corrected chi connectivity index (χ4v) is 4.30. The largest absolute Gasteiger partial charge is 0.332 e. The van der Waals surface area contributed by atoms with E-state index >= 15 is 0 Å². The van der Waals surface area contributed by atoms with Crippen LogP contribution >= 0.6 is 0 Å². The van der Waals surface area contributed by atoms with Crippen LogP contribution in [-0.2, 0) is 21.2 Å². The van der Waals surface area contributed by atoms with Crippen LogP contribution in [-0.4, -0.2) is 42.5 Å². The smallest absolute Gasteiger partial charge is 0.308 e. The molecular formula is C22H21N3O4S. The molecule has 0 saturated carbocycles. The van der Waals surface area contributed by atoms with E-state index in [1.165, 1.54) is 29.2 Å². The second-order valence-corrected chi connectivity index (χ2v) is 9.48. The summed E-state index contributed by atoms with van der Waals surface area (Å²) >= 11 is 0. The number of carbonyl (C=O) groups excluding carboxylic acids is 2. The normalized spacial score (nSPS) is 17.2. The van der Waals surface area contributed by atoms with Gasteiger partial charge in [-0.25, -0.2) is 18.1 Å². The van der Waals surface area contributed by atoms with E-state index in [1.807, 2.05) is 31.2 Å². The van der Waals surface area contributed by atoms with E-state index < -0.39 is 21.9 Å². The fraction of sp³-hybridized carbons (Fsp3) is 0.227. The third-order valence-electron chi connectivity index (χ3n) is 5.44. The first-order chi connectivity index (χ1) is 14.2. The molecule has 0 bridgehead atoms. The van der Waals surface area contributed by atoms with Crippen molar-refractivity contribution in [2.45, 2.75) is 31.3 Å². The molecule has 3 amide bonds. The number of sulfone groups is 1. The first kappa shape index (κ1) is 20.0. The SMILES string of the molecule is Cc1cnc2ccccc2c1CN1C(=O)N(c2ccc(S(C)(=O)=O)cc2)C(=O)C1C. The fourth-order valence-electron chi connectivity index (χ4n) is 3.67. The minimum Gasteiger partial charge on any atom is -0.308 e. The predicted octanol–water partition coefficient (Wildman–Crippen LogP) is 3.30. The van der Waals surface area contributed by atoms with Gasteiger partial charge in [0, 0.05) is 24.4 Å². The summed E-state index contributed by atoms with van der Waals surface area (Å²) in [6.07, 6.45) is 2.88. The Morgan fingerprint density at radius 2 is 1.70 bits per heavy atom. The minimum atomic E-state index is -3.36. The molecule has 154 valence electrons. The highest BCUT2D eigenvalue weighted by atomic mass is 32.2. The van der Waals surface area contributed by atoms with Crippen LogP contribution in [0.1, 0.15) is 18.1 Å². The molecule has 4 rings (SSSR count). The third-order valence-corrected chi connectivity index (χ3v) is 6.56. The first-order valence-electron chi connectivity index (χ1n) is 9.46. The number of imide groups is 1. The van der Waals surface area contributed by atoms with Crippen molar-refractivity contribution in [1.82, 2.24) is 9.88 Å². The van der Waals surface area contributed by atoms with Gasteiger partial charge in [-0.15, -0.1) is 0 Å². The van der Waals surface area contributed by atoms with Crippen LogP contribution in [0.2, 0.25) is 0 Å². The average molecular weight is 423 g/mol. The minimum absolute atomic E-state index is 0.133. The van der Waals surface area contributed by atoms with Crippen LogP contribution in [0.5, 0.6) is 0 Å². The zero-order valence-electron chi connectivity index (χ0n) is 16.9. The number of nitrogens with zero attached hydrogens (tertiary/aromatic N) is 3. The summed E-state index contributed by atoms with van der Waals surface area (Å²) in [7, 11) is -3.36. The van der Waals surface area contributed by atoms with E-state index in [-0.39, 0.29) is 17.3 Å². The number of para-hydroxylation sites is 1. The lowest BCUT2D eigenvalue weighted by Crippen LogP contribution is -2.33. The molecule has 3 aromatic rings. The van der Waals surface area contributed by atoms with E-state index in [2.05, 4.69) is 4.98 Å². The number of aromatic nitrogens is 1. The summed E-state index contributed by atoms with van der Waals surface area (Å²) in [4.78, 5) is 33.2. The standard InChI is InChI=1S/C22H21N3O4S/c1-14-12-23-20-7-5-4-6-18(20)19(14)13-24-15(2)21(26)25(22(24)27)16-8-10-17(11-9-16)30(3,28)29/h4-12,15H,13H2,1-3H3. The number of carbonyl (C=O) groups is 2. The lowest BCUT2D eigenvalue weighted by molar-refractivity contribution is -0.119. The van der Waals surface area contributed by atoms with Gasteiger partial charge < -0.3 is 4.90 Å². The van der Waals surface area contributed by atoms with E-state index in [9.17, 15) is 18.0 Å². The molecule has 1 unspecified atom stereocenters. The summed E-state index contributed by atoms with van der Waals surface area (Å²) in [5.41, 5.74) is 3.07. The summed E-state index contributed by atoms with van der Waals surface area (Å²) in [6.45, 7) is 3.91. The maximum Gasteiger partial charge on any atom is 0.332 e. The first-order valence-corrected chi connectivity index (χ1v) is 11.4. The number of benzene rings is 2. The number of fused-ring (bicyclic) bond motifs is 1. The van der Waals surface area contributed by atoms with Crippen molar-refractivity contribution in [2.75, 3.05) is 11.2 Å². The summed E-state index contributed by atoms with van der Waals surface area (Å²) in [6, 6.07) is 12.4. The molecule has 1 fully saturated rings. The van der Waals surface area contributed by atoms with Crippen molar-refractivity contribution in [3.63, 3.8) is 0 Å². The van der Waals surface area contributed by atoms with Crippen LogP contribution in [0.3, 0.4) is 0 Å². The number of hydrogen-bond donors (Lipinski definition) is 0. The van der Waals surface area contributed by atoms with Gasteiger partial charge >= 0.3 is 6.03 Å². The summed E-state index contributed by atoms with van der Waals surface area (Å²) in [5.74, 6) is -0.344. The van der Waals surface area contributed by atoms with Gasteiger partial charge in [0.05, 0.1) is 16.1 Å². The topological polar surface area (TPSA) is 87.7 Å². The Morgan fingerprint density at radius 3 is 2.37 bits per heavy atom. The molecule has 1 aliphatic heterocycles. The molecule has 0 N–H and O–H groups in total. The molecule has 0 radical (unpaired) electrons. The number of anilines is 1. The van der Waals surface area contributed by atoms with Crippen molar-refractivity contribution < 1.29 is 18.0 Å². The predicted molar refractivity (Wildman–Crippen MR) is 114 cm³/mol. The third kappa shape index (κ3) is 3.33. The monoisotopic (exact) mass is 423 g/mol. The van der Waals surface area contributed by atoms with Gasteiger partial charge in [0.2, 0.25) is 0 Å². The Kier molecular flexibility index (Phi) is 4.82. The maximum absolute atomic E-state index is 13.2. The zero-order valence-corrected chi connectivity index (χ0v) is 17.7. The van der Waals surface area contributed by atoms with Gasteiger partial charge in [-0.3, -0.25) is 9.78 Å². The van der Waals surface area contributed by atoms with E-state index in [0.717, 1.165) is 33.2 Å². The van der Waals surface area contributed by atoms with Gasteiger partial charge in [-0.1, -0.05) is 18.2 Å². The van der Waals surface area contributed by atoms with Crippen molar-refractivity contribution in [2.24, 2.45) is 0 Å². The molecule has 8 heteroatoms. The molecule has 1 aromatic heterocycles. The molecule has 1 aliphatic rings. The van der Waals surface area contributed by atoms with Crippen molar-refractivity contribution in [3.8, 4) is 0 Å². The highest BCUT2D eigenvalue weighted by Crippen LogP contribution is 2.30. The lowest BCUT2D eigenvalue weighted by atomic mass is 10.0. The average Bonchev–Trinajstić information content (AvgIpc) is 2.92. The Bertz CT molecular complexity index is 1270. The van der Waals surface area contributed by atoms with Gasteiger partial charge in [0.15, 0.2) is 9.84 Å². The van der Waals surface area contributed by atoms with Crippen LogP contribution < -0.4 is 4.90 Å². The second kappa shape index (κ2) is 7.21. The Morgan fingerprint density at radius 1 is 1.03 bits per heavy atom. The molecule has 7 nitrogen and oxygen atoms in total. The Hall–Kier alpha value is -3.26. The number of aryl methyl sites for hydroxylation is 1. The maximum atomic E-state index is 13.2. The van der Waals surface area contributed by atoms with Crippen molar-refractivity contribution in [1.29, 1.82) is 0 Å². The number of rotatable bonds is 4. The zero-order chi connectivity index (χ0) is 21.6. The Labute approximate surface area is 174 Å². The van der Waals surface area contributed by atoms with Crippen LogP contribution in [0.4, 0.5) is 10.5 Å². The molecule has 30 heavy (non-hydrogen) atoms. The van der Waals surface area contributed by atoms with Gasteiger partial charge in [0.25, 0.3) is 5.91 Å². The molecule has 1 atom stereocenters. The van der Waals surface area contributed by atoms with Crippen LogP contribution in [0.25, 0.3) is 10.9 Å². The highest BCUT2D eigenvalue weighted by Gasteiger charge is 2.43. The second-order valence-electron chi connectivity index (χ2n) is 7.46. The van der Waals surface area contributed by atoms with Crippen LogP contribution in [0, 0.1) is 6.92 Å². The van der Waals surface area contributed by atoms with E-state index in [0.29, 0.717) is 5.69 Å². The molecule has 1 saturated heterocycles. The summed E-state index contributed by atoms with van der Waals surface area (Å²) in [5, 5.41) is 0.945. The molecule has 2 aromatic carbocycles. The molecular weight excluding hydrogens is 402 g/mol. The molecule has 0 spiro atoms. The van der Waals surface area contributed by atoms with Gasteiger partial charge in [-0.05, 0) is 55.3 Å². The molecule has 2 heterocycles. The van der Waals surface area contributed by atoms with Crippen molar-refractivity contribution in [3.05, 3.63) is 65.9 Å². The van der Waals surface area contributed by atoms with E-state index in [4.69, 9.17) is 0 Å². The number of pyridine rings is 1. The van der Waals surface area contributed by atoms with Gasteiger partial charge in [-0.2, -0.15) is 0 Å². The van der Waals surface area contributed by atoms with Gasteiger partial charge in [0.1, 0.15) is 6.04 Å². The number of urea groups is 1. The lowest BCUT2D eigenvalue weighted by Gasteiger charge is -2.21.